The van der Waals surface area contributed by atoms with E-state index in [2.05, 4.69) is 10.3 Å². The number of carbonyl (C=O) groups excluding carboxylic acids is 3. The van der Waals surface area contributed by atoms with Crippen LogP contribution >= 0.6 is 0 Å². The van der Waals surface area contributed by atoms with Crippen molar-refractivity contribution in [1.29, 1.82) is 0 Å². The molecule has 0 unspecified atom stereocenters. The summed E-state index contributed by atoms with van der Waals surface area (Å²) in [5.74, 6) is -1.24. The fraction of sp³-hybridized carbons (Fsp3) is 0.333. The van der Waals surface area contributed by atoms with Gasteiger partial charge in [0.05, 0.1) is 26.9 Å². The van der Waals surface area contributed by atoms with Crippen molar-refractivity contribution in [2.45, 2.75) is 45.4 Å². The Labute approximate surface area is 237 Å². The lowest BCUT2D eigenvalue weighted by Crippen LogP contribution is -2.52. The van der Waals surface area contributed by atoms with E-state index in [1.165, 1.54) is 52.5 Å². The number of hydrogen-bond acceptors (Lipinski definition) is 9. The number of aryl methyl sites for hydroxylation is 1. The molecule has 1 N–H and O–H groups in total. The average Bonchev–Trinajstić information content (AvgIpc) is 2.95. The van der Waals surface area contributed by atoms with E-state index < -0.39 is 35.4 Å². The van der Waals surface area contributed by atoms with Gasteiger partial charge in [0, 0.05) is 30.8 Å². The van der Waals surface area contributed by atoms with Gasteiger partial charge < -0.3 is 33.8 Å². The van der Waals surface area contributed by atoms with E-state index in [-0.39, 0.29) is 29.5 Å². The molecule has 218 valence electrons. The van der Waals surface area contributed by atoms with Crippen LogP contribution in [0.15, 0.2) is 54.7 Å². The van der Waals surface area contributed by atoms with Crippen LogP contribution in [0.25, 0.3) is 0 Å². The summed E-state index contributed by atoms with van der Waals surface area (Å²) in [5, 5.41) is 2.59. The number of nitrogens with one attached hydrogen (secondary N) is 1. The third-order valence-corrected chi connectivity index (χ3v) is 6.07. The zero-order valence-corrected chi connectivity index (χ0v) is 23.7. The Morgan fingerprint density at radius 3 is 2.37 bits per heavy atom. The molecule has 10 nitrogen and oxygen atoms in total. The van der Waals surface area contributed by atoms with Gasteiger partial charge in [0.2, 0.25) is 5.75 Å². The average molecular weight is 569 g/mol. The second-order valence-corrected chi connectivity index (χ2v) is 9.53. The van der Waals surface area contributed by atoms with Gasteiger partial charge >= 0.3 is 5.97 Å². The van der Waals surface area contributed by atoms with Gasteiger partial charge in [0.1, 0.15) is 29.1 Å². The molecule has 0 aliphatic rings. The lowest BCUT2D eigenvalue weighted by atomic mass is 10.0. The second-order valence-electron chi connectivity index (χ2n) is 9.53. The van der Waals surface area contributed by atoms with Gasteiger partial charge in [-0.05, 0) is 45.0 Å². The highest BCUT2D eigenvalue weighted by atomic mass is 19.1. The molecule has 0 aliphatic carbocycles. The zero-order valence-electron chi connectivity index (χ0n) is 23.7. The molecule has 3 atom stereocenters. The first-order valence-electron chi connectivity index (χ1n) is 12.7. The van der Waals surface area contributed by atoms with E-state index >= 15 is 0 Å². The van der Waals surface area contributed by atoms with E-state index in [1.807, 2.05) is 19.1 Å². The molecule has 3 aromatic rings. The highest BCUT2D eigenvalue weighted by Crippen LogP contribution is 2.34. The van der Waals surface area contributed by atoms with Crippen LogP contribution in [0.5, 0.6) is 23.0 Å². The smallest absolute Gasteiger partial charge is 0.308 e. The van der Waals surface area contributed by atoms with Crippen molar-refractivity contribution in [3.63, 3.8) is 0 Å². The van der Waals surface area contributed by atoms with Crippen LogP contribution in [0.1, 0.15) is 48.5 Å². The lowest BCUT2D eigenvalue weighted by Gasteiger charge is -2.31. The molecule has 2 aromatic carbocycles. The summed E-state index contributed by atoms with van der Waals surface area (Å²) in [6.45, 7) is 6.03. The summed E-state index contributed by atoms with van der Waals surface area (Å²) >= 11 is 0. The number of halogens is 1. The predicted octanol–water partition coefficient (Wildman–Crippen LogP) is 4.38. The summed E-state index contributed by atoms with van der Waals surface area (Å²) in [7, 11) is 2.77. The number of benzene rings is 2. The van der Waals surface area contributed by atoms with Crippen LogP contribution in [0.3, 0.4) is 0 Å². The molecule has 0 saturated carbocycles. The minimum absolute atomic E-state index is 0.113. The van der Waals surface area contributed by atoms with Crippen LogP contribution < -0.4 is 24.3 Å². The van der Waals surface area contributed by atoms with Gasteiger partial charge in [-0.25, -0.2) is 9.37 Å². The number of rotatable bonds is 13. The SMILES string of the molecule is COc1cc(F)ccc1[C@@H](Oc1ccc(C)cc1)[C@H](C)OC[C@](C)(C=O)NC(=O)c1nccc(OC)c1OC(C)=O. The minimum Gasteiger partial charge on any atom is -0.496 e. The Hall–Kier alpha value is -4.51. The van der Waals surface area contributed by atoms with Crippen molar-refractivity contribution in [3.05, 3.63) is 77.4 Å². The van der Waals surface area contributed by atoms with Crippen molar-refractivity contribution in [2.75, 3.05) is 20.8 Å². The third kappa shape index (κ3) is 8.01. The van der Waals surface area contributed by atoms with Gasteiger partial charge in [-0.3, -0.25) is 9.59 Å². The molecule has 0 bridgehead atoms. The lowest BCUT2D eigenvalue weighted by molar-refractivity contribution is -0.132. The van der Waals surface area contributed by atoms with Gasteiger partial charge in [0.15, 0.2) is 17.5 Å². The maximum atomic E-state index is 14.0. The molecular formula is C30H33FN2O8. The molecular weight excluding hydrogens is 535 g/mol. The highest BCUT2D eigenvalue weighted by molar-refractivity contribution is 5.98. The van der Waals surface area contributed by atoms with E-state index in [0.29, 0.717) is 17.6 Å². The summed E-state index contributed by atoms with van der Waals surface area (Å²) in [6.07, 6.45) is 0.340. The molecule has 3 rings (SSSR count). The van der Waals surface area contributed by atoms with Crippen molar-refractivity contribution < 1.29 is 42.5 Å². The number of ether oxygens (including phenoxy) is 5. The van der Waals surface area contributed by atoms with Gasteiger partial charge in [-0.1, -0.05) is 17.7 Å². The van der Waals surface area contributed by atoms with Gasteiger partial charge in [-0.2, -0.15) is 0 Å². The van der Waals surface area contributed by atoms with E-state index in [4.69, 9.17) is 23.7 Å². The predicted molar refractivity (Wildman–Crippen MR) is 147 cm³/mol. The number of aromatic nitrogens is 1. The van der Waals surface area contributed by atoms with Crippen molar-refractivity contribution in [3.8, 4) is 23.0 Å². The molecule has 11 heteroatoms. The summed E-state index contributed by atoms with van der Waals surface area (Å²) in [4.78, 5) is 41.0. The Bertz CT molecular complexity index is 1380. The highest BCUT2D eigenvalue weighted by Gasteiger charge is 2.33. The molecule has 0 aliphatic heterocycles. The van der Waals surface area contributed by atoms with E-state index in [0.717, 1.165) is 5.56 Å². The number of carbonyl (C=O) groups is 3. The largest absolute Gasteiger partial charge is 0.496 e. The van der Waals surface area contributed by atoms with Crippen LogP contribution in [0.4, 0.5) is 4.39 Å². The van der Waals surface area contributed by atoms with E-state index in [1.54, 1.807) is 25.1 Å². The minimum atomic E-state index is -1.52. The topological polar surface area (TPSA) is 122 Å². The molecule has 0 fully saturated rings. The number of esters is 1. The Morgan fingerprint density at radius 2 is 1.76 bits per heavy atom. The molecule has 41 heavy (non-hydrogen) atoms. The monoisotopic (exact) mass is 568 g/mol. The molecule has 1 amide bonds. The number of pyridine rings is 1. The van der Waals surface area contributed by atoms with Crippen LogP contribution in [-0.2, 0) is 14.3 Å². The molecule has 0 saturated heterocycles. The summed E-state index contributed by atoms with van der Waals surface area (Å²) < 4.78 is 42.0. The fourth-order valence-electron chi connectivity index (χ4n) is 3.90. The number of nitrogens with zero attached hydrogens (tertiary/aromatic N) is 1. The summed E-state index contributed by atoms with van der Waals surface area (Å²) in [5.41, 5.74) is -0.217. The molecule has 0 spiro atoms. The summed E-state index contributed by atoms with van der Waals surface area (Å²) in [6, 6.07) is 12.9. The van der Waals surface area contributed by atoms with Crippen LogP contribution in [0, 0.1) is 12.7 Å². The zero-order chi connectivity index (χ0) is 30.2. The number of aldehydes is 1. The van der Waals surface area contributed by atoms with Crippen molar-refractivity contribution >= 4 is 18.2 Å². The first-order valence-corrected chi connectivity index (χ1v) is 12.7. The Kier molecular flexibility index (Phi) is 10.4. The molecule has 0 radical (unpaired) electrons. The van der Waals surface area contributed by atoms with E-state index in [9.17, 15) is 18.8 Å². The fourth-order valence-corrected chi connectivity index (χ4v) is 3.90. The number of methoxy groups -OCH3 is 2. The number of amides is 1. The second kappa shape index (κ2) is 13.7. The normalized spacial score (nSPS) is 13.7. The Balaban J connectivity index is 1.85. The third-order valence-electron chi connectivity index (χ3n) is 6.07. The first-order chi connectivity index (χ1) is 19.5. The maximum Gasteiger partial charge on any atom is 0.308 e. The maximum absolute atomic E-state index is 14.0. The quantitative estimate of drug-likeness (QED) is 0.236. The van der Waals surface area contributed by atoms with Gasteiger partial charge in [0.25, 0.3) is 5.91 Å². The molecule has 1 heterocycles. The Morgan fingerprint density at radius 1 is 1.07 bits per heavy atom. The van der Waals surface area contributed by atoms with Crippen molar-refractivity contribution in [1.82, 2.24) is 10.3 Å². The van der Waals surface area contributed by atoms with Gasteiger partial charge in [-0.15, -0.1) is 0 Å². The number of hydrogen-bond donors (Lipinski definition) is 1. The first kappa shape index (κ1) is 31.0. The van der Waals surface area contributed by atoms with Crippen LogP contribution in [-0.4, -0.2) is 55.6 Å². The van der Waals surface area contributed by atoms with Crippen molar-refractivity contribution in [2.24, 2.45) is 0 Å². The standard InChI is InChI=1S/C30H33FN2O8/c1-18-7-10-22(11-8-18)41-27(23-12-9-21(31)15-25(23)38-6)19(2)39-17-30(4,16-34)33-29(36)26-28(40-20(3)35)24(37-5)13-14-32-26/h7-16,19,27H,17H2,1-6H3,(H,33,36)/t19-,27-,30-/m0/s1. The van der Waals surface area contributed by atoms with Crippen LogP contribution in [0.2, 0.25) is 0 Å². The molecule has 1 aromatic heterocycles.